The molecule has 16 heavy (non-hydrogen) atoms. The predicted molar refractivity (Wildman–Crippen MR) is 62.7 cm³/mol. The Kier molecular flexibility index (Phi) is 3.58. The Morgan fingerprint density at radius 1 is 1.25 bits per heavy atom. The molecule has 1 unspecified atom stereocenters. The fourth-order valence-electron chi connectivity index (χ4n) is 1.81. The first kappa shape index (κ1) is 12.6. The van der Waals surface area contributed by atoms with Crippen molar-refractivity contribution in [2.45, 2.75) is 33.6 Å². The molecule has 3 heteroatoms. The Labute approximate surface area is 96.1 Å². The van der Waals surface area contributed by atoms with E-state index in [1.54, 1.807) is 13.0 Å². The van der Waals surface area contributed by atoms with Crippen molar-refractivity contribution < 1.29 is 14.6 Å². The van der Waals surface area contributed by atoms with Gasteiger partial charge in [-0.15, -0.1) is 0 Å². The number of aromatic hydroxyl groups is 1. The second-order valence-electron chi connectivity index (χ2n) is 4.10. The number of hydrogen-bond donors (Lipinski definition) is 1. The smallest absolute Gasteiger partial charge is 0.312 e. The number of hydrogen-bond acceptors (Lipinski definition) is 3. The molecule has 0 saturated heterocycles. The topological polar surface area (TPSA) is 46.5 Å². The maximum atomic E-state index is 11.5. The summed E-state index contributed by atoms with van der Waals surface area (Å²) in [5.74, 6) is -0.408. The van der Waals surface area contributed by atoms with Crippen LogP contribution in [0.4, 0.5) is 0 Å². The van der Waals surface area contributed by atoms with Crippen molar-refractivity contribution in [2.24, 2.45) is 0 Å². The standard InChI is InChI=1S/C13H18O3/c1-7-8(2)11(6-12(14)9(7)3)10(4)13(15)16-5/h6,10,14H,1-5H3. The van der Waals surface area contributed by atoms with Crippen LogP contribution in [0.3, 0.4) is 0 Å². The van der Waals surface area contributed by atoms with Crippen molar-refractivity contribution >= 4 is 5.97 Å². The number of ether oxygens (including phenoxy) is 1. The molecule has 0 aliphatic rings. The molecule has 0 radical (unpaired) electrons. The Morgan fingerprint density at radius 3 is 2.31 bits per heavy atom. The van der Waals surface area contributed by atoms with E-state index in [4.69, 9.17) is 4.74 Å². The van der Waals surface area contributed by atoms with Gasteiger partial charge in [-0.3, -0.25) is 4.79 Å². The van der Waals surface area contributed by atoms with Crippen LogP contribution in [0.2, 0.25) is 0 Å². The highest BCUT2D eigenvalue weighted by atomic mass is 16.5. The third-order valence-electron chi connectivity index (χ3n) is 3.26. The predicted octanol–water partition coefficient (Wildman–Crippen LogP) is 2.59. The van der Waals surface area contributed by atoms with Crippen LogP contribution in [0, 0.1) is 20.8 Å². The molecule has 0 heterocycles. The van der Waals surface area contributed by atoms with E-state index in [2.05, 4.69) is 0 Å². The van der Waals surface area contributed by atoms with E-state index in [9.17, 15) is 9.90 Å². The average molecular weight is 222 g/mol. The van der Waals surface area contributed by atoms with Crippen molar-refractivity contribution in [3.05, 3.63) is 28.3 Å². The van der Waals surface area contributed by atoms with Gasteiger partial charge in [0.05, 0.1) is 13.0 Å². The number of rotatable bonds is 2. The summed E-state index contributed by atoms with van der Waals surface area (Å²) in [6.45, 7) is 7.54. The summed E-state index contributed by atoms with van der Waals surface area (Å²) in [5, 5.41) is 9.76. The van der Waals surface area contributed by atoms with E-state index in [0.717, 1.165) is 22.3 Å². The van der Waals surface area contributed by atoms with Crippen molar-refractivity contribution in [3.8, 4) is 5.75 Å². The van der Waals surface area contributed by atoms with Crippen LogP contribution in [0.25, 0.3) is 0 Å². The minimum absolute atomic E-state index is 0.230. The first-order valence-corrected chi connectivity index (χ1v) is 5.27. The number of phenols is 1. The van der Waals surface area contributed by atoms with E-state index < -0.39 is 0 Å². The van der Waals surface area contributed by atoms with Gasteiger partial charge in [0.25, 0.3) is 0 Å². The third-order valence-corrected chi connectivity index (χ3v) is 3.26. The fraction of sp³-hybridized carbons (Fsp3) is 0.462. The fourth-order valence-corrected chi connectivity index (χ4v) is 1.81. The van der Waals surface area contributed by atoms with Crippen LogP contribution >= 0.6 is 0 Å². The van der Waals surface area contributed by atoms with E-state index in [-0.39, 0.29) is 17.6 Å². The zero-order chi connectivity index (χ0) is 12.5. The van der Waals surface area contributed by atoms with Gasteiger partial charge in [0.1, 0.15) is 5.75 Å². The minimum atomic E-state index is -0.352. The molecule has 1 rings (SSSR count). The van der Waals surface area contributed by atoms with E-state index in [0.29, 0.717) is 0 Å². The summed E-state index contributed by atoms with van der Waals surface area (Å²) in [6, 6.07) is 1.65. The molecule has 1 atom stereocenters. The van der Waals surface area contributed by atoms with Gasteiger partial charge in [-0.1, -0.05) is 0 Å². The maximum absolute atomic E-state index is 11.5. The first-order valence-electron chi connectivity index (χ1n) is 5.27. The van der Waals surface area contributed by atoms with Crippen LogP contribution < -0.4 is 0 Å². The molecular formula is C13H18O3. The summed E-state index contributed by atoms with van der Waals surface area (Å²) >= 11 is 0. The molecular weight excluding hydrogens is 204 g/mol. The molecule has 0 aliphatic heterocycles. The molecule has 0 aromatic heterocycles. The number of phenolic OH excluding ortho intramolecular Hbond substituents is 1. The molecule has 0 amide bonds. The van der Waals surface area contributed by atoms with Crippen LogP contribution in [0.15, 0.2) is 6.07 Å². The second-order valence-corrected chi connectivity index (χ2v) is 4.10. The quantitative estimate of drug-likeness (QED) is 0.782. The van der Waals surface area contributed by atoms with Gasteiger partial charge in [0, 0.05) is 0 Å². The van der Waals surface area contributed by atoms with Gasteiger partial charge < -0.3 is 9.84 Å². The highest BCUT2D eigenvalue weighted by molar-refractivity contribution is 5.78. The molecule has 3 nitrogen and oxygen atoms in total. The number of esters is 1. The average Bonchev–Trinajstić information content (AvgIpc) is 2.29. The SMILES string of the molecule is COC(=O)C(C)c1cc(O)c(C)c(C)c1C. The van der Waals surface area contributed by atoms with Gasteiger partial charge >= 0.3 is 5.97 Å². The second kappa shape index (κ2) is 4.56. The lowest BCUT2D eigenvalue weighted by Crippen LogP contribution is -2.12. The lowest BCUT2D eigenvalue weighted by molar-refractivity contribution is -0.142. The Morgan fingerprint density at radius 2 is 1.81 bits per heavy atom. The van der Waals surface area contributed by atoms with Crippen LogP contribution in [-0.2, 0) is 9.53 Å². The van der Waals surface area contributed by atoms with Crippen molar-refractivity contribution in [3.63, 3.8) is 0 Å². The van der Waals surface area contributed by atoms with Gasteiger partial charge in [-0.25, -0.2) is 0 Å². The summed E-state index contributed by atoms with van der Waals surface area (Å²) in [7, 11) is 1.37. The molecule has 0 saturated carbocycles. The first-order chi connectivity index (χ1) is 7.40. The summed E-state index contributed by atoms with van der Waals surface area (Å²) in [5.41, 5.74) is 3.74. The van der Waals surface area contributed by atoms with Crippen molar-refractivity contribution in [2.75, 3.05) is 7.11 Å². The molecule has 0 fully saturated rings. The van der Waals surface area contributed by atoms with E-state index in [1.165, 1.54) is 7.11 Å². The van der Waals surface area contributed by atoms with Gasteiger partial charge in [0.15, 0.2) is 0 Å². The lowest BCUT2D eigenvalue weighted by Gasteiger charge is -2.17. The molecule has 0 spiro atoms. The summed E-state index contributed by atoms with van der Waals surface area (Å²) in [4.78, 5) is 11.5. The minimum Gasteiger partial charge on any atom is -0.508 e. The molecule has 1 aromatic rings. The molecule has 1 aromatic carbocycles. The summed E-state index contributed by atoms with van der Waals surface area (Å²) in [6.07, 6.45) is 0. The highest BCUT2D eigenvalue weighted by Crippen LogP contribution is 2.31. The Bertz CT molecular complexity index is 422. The maximum Gasteiger partial charge on any atom is 0.312 e. The summed E-state index contributed by atoms with van der Waals surface area (Å²) < 4.78 is 4.71. The van der Waals surface area contributed by atoms with Crippen molar-refractivity contribution in [1.82, 2.24) is 0 Å². The normalized spacial score (nSPS) is 12.3. The zero-order valence-electron chi connectivity index (χ0n) is 10.4. The Hall–Kier alpha value is -1.51. The molecule has 0 bridgehead atoms. The number of benzene rings is 1. The zero-order valence-corrected chi connectivity index (χ0v) is 10.4. The molecule has 88 valence electrons. The van der Waals surface area contributed by atoms with Gasteiger partial charge in [-0.2, -0.15) is 0 Å². The monoisotopic (exact) mass is 222 g/mol. The van der Waals surface area contributed by atoms with Crippen LogP contribution in [0.1, 0.15) is 35.1 Å². The highest BCUT2D eigenvalue weighted by Gasteiger charge is 2.20. The number of carbonyl (C=O) groups excluding carboxylic acids is 1. The Balaban J connectivity index is 3.30. The van der Waals surface area contributed by atoms with E-state index in [1.807, 2.05) is 20.8 Å². The lowest BCUT2D eigenvalue weighted by atomic mass is 9.90. The van der Waals surface area contributed by atoms with Crippen molar-refractivity contribution in [1.29, 1.82) is 0 Å². The molecule has 1 N–H and O–H groups in total. The largest absolute Gasteiger partial charge is 0.508 e. The van der Waals surface area contributed by atoms with Gasteiger partial charge in [0.2, 0.25) is 0 Å². The third kappa shape index (κ3) is 2.03. The van der Waals surface area contributed by atoms with Crippen LogP contribution in [0.5, 0.6) is 5.75 Å². The van der Waals surface area contributed by atoms with E-state index >= 15 is 0 Å². The number of methoxy groups -OCH3 is 1. The number of carbonyl (C=O) groups is 1. The molecule has 0 aliphatic carbocycles. The van der Waals surface area contributed by atoms with Gasteiger partial charge in [-0.05, 0) is 56.0 Å². The van der Waals surface area contributed by atoms with Crippen LogP contribution in [-0.4, -0.2) is 18.2 Å².